The molecule has 0 atom stereocenters. The molecule has 0 saturated carbocycles. The Bertz CT molecular complexity index is 230. The van der Waals surface area contributed by atoms with Crippen molar-refractivity contribution >= 4 is 7.28 Å². The normalized spacial score (nSPS) is 11.7. The van der Waals surface area contributed by atoms with Gasteiger partial charge < -0.3 is 0 Å². The Morgan fingerprint density at radius 3 is 1.62 bits per heavy atom. The Labute approximate surface area is 135 Å². The predicted octanol–water partition coefficient (Wildman–Crippen LogP) is 7.09. The van der Waals surface area contributed by atoms with Crippen molar-refractivity contribution < 1.29 is 0 Å². The van der Waals surface area contributed by atoms with Crippen molar-refractivity contribution in [3.8, 4) is 0 Å². The molecule has 0 nitrogen and oxygen atoms in total. The van der Waals surface area contributed by atoms with Crippen LogP contribution in [0.4, 0.5) is 0 Å². The first kappa shape index (κ1) is 20.5. The van der Waals surface area contributed by atoms with Crippen LogP contribution in [-0.2, 0) is 0 Å². The van der Waals surface area contributed by atoms with E-state index in [0.29, 0.717) is 0 Å². The van der Waals surface area contributed by atoms with E-state index in [9.17, 15) is 0 Å². The van der Waals surface area contributed by atoms with E-state index in [1.165, 1.54) is 97.0 Å². The van der Waals surface area contributed by atoms with Crippen LogP contribution in [0.15, 0.2) is 24.3 Å². The van der Waals surface area contributed by atoms with Crippen LogP contribution in [0.1, 0.15) is 90.9 Å². The Morgan fingerprint density at radius 2 is 1.05 bits per heavy atom. The molecular formula is C20H39B. The Morgan fingerprint density at radius 1 is 0.571 bits per heavy atom. The van der Waals surface area contributed by atoms with Crippen molar-refractivity contribution in [3.63, 3.8) is 0 Å². The van der Waals surface area contributed by atoms with Crippen molar-refractivity contribution in [2.24, 2.45) is 0 Å². The van der Waals surface area contributed by atoms with E-state index in [1.807, 2.05) is 0 Å². The SMILES string of the molecule is CCBCCCCCCC/C=C/CCCCC/C=C/CC. The zero-order valence-corrected chi connectivity index (χ0v) is 14.9. The maximum atomic E-state index is 2.41. The van der Waals surface area contributed by atoms with Gasteiger partial charge in [0, 0.05) is 0 Å². The van der Waals surface area contributed by atoms with Crippen molar-refractivity contribution in [3.05, 3.63) is 24.3 Å². The first-order valence-corrected chi connectivity index (χ1v) is 9.71. The molecule has 0 aliphatic carbocycles. The van der Waals surface area contributed by atoms with Crippen LogP contribution in [0.25, 0.3) is 0 Å². The summed E-state index contributed by atoms with van der Waals surface area (Å²) in [7, 11) is 1.43. The number of allylic oxidation sites excluding steroid dienone is 4. The number of hydrogen-bond acceptors (Lipinski definition) is 0. The van der Waals surface area contributed by atoms with Gasteiger partial charge in [-0.3, -0.25) is 0 Å². The van der Waals surface area contributed by atoms with E-state index in [0.717, 1.165) is 0 Å². The van der Waals surface area contributed by atoms with Gasteiger partial charge in [0.15, 0.2) is 0 Å². The highest BCUT2D eigenvalue weighted by Gasteiger charge is 1.91. The summed E-state index contributed by atoms with van der Waals surface area (Å²) in [6.45, 7) is 4.49. The highest BCUT2D eigenvalue weighted by Crippen LogP contribution is 2.09. The third-order valence-electron chi connectivity index (χ3n) is 4.03. The van der Waals surface area contributed by atoms with Gasteiger partial charge in [-0.05, 0) is 44.9 Å². The molecule has 0 radical (unpaired) electrons. The zero-order valence-electron chi connectivity index (χ0n) is 14.9. The topological polar surface area (TPSA) is 0 Å². The predicted molar refractivity (Wildman–Crippen MR) is 102 cm³/mol. The molecule has 21 heavy (non-hydrogen) atoms. The van der Waals surface area contributed by atoms with E-state index in [1.54, 1.807) is 0 Å². The minimum absolute atomic E-state index is 1.18. The first-order valence-electron chi connectivity index (χ1n) is 9.71. The molecule has 0 unspecified atom stereocenters. The molecular weight excluding hydrogens is 251 g/mol. The smallest absolute Gasteiger partial charge is 0.0888 e. The molecule has 0 amide bonds. The van der Waals surface area contributed by atoms with Crippen molar-refractivity contribution in [1.29, 1.82) is 0 Å². The summed E-state index contributed by atoms with van der Waals surface area (Å²) in [4.78, 5) is 0. The van der Waals surface area contributed by atoms with Gasteiger partial charge in [0.25, 0.3) is 0 Å². The van der Waals surface area contributed by atoms with Gasteiger partial charge in [-0.15, -0.1) is 0 Å². The highest BCUT2D eigenvalue weighted by atomic mass is 13.9. The van der Waals surface area contributed by atoms with Crippen molar-refractivity contribution in [2.45, 2.75) is 104 Å². The second kappa shape index (κ2) is 19.5. The fourth-order valence-corrected chi connectivity index (χ4v) is 2.62. The van der Waals surface area contributed by atoms with E-state index in [-0.39, 0.29) is 0 Å². The third kappa shape index (κ3) is 19.5. The van der Waals surface area contributed by atoms with Crippen LogP contribution in [0.3, 0.4) is 0 Å². The maximum Gasteiger partial charge on any atom is 0.120 e. The summed E-state index contributed by atoms with van der Waals surface area (Å²) < 4.78 is 0. The third-order valence-corrected chi connectivity index (χ3v) is 4.03. The lowest BCUT2D eigenvalue weighted by atomic mass is 9.70. The summed E-state index contributed by atoms with van der Waals surface area (Å²) in [6.07, 6.45) is 28.6. The first-order chi connectivity index (χ1) is 10.4. The van der Waals surface area contributed by atoms with E-state index in [4.69, 9.17) is 0 Å². The lowest BCUT2D eigenvalue weighted by Crippen LogP contribution is -1.86. The fraction of sp³-hybridized carbons (Fsp3) is 0.800. The molecule has 1 heteroatoms. The van der Waals surface area contributed by atoms with E-state index in [2.05, 4.69) is 38.2 Å². The molecule has 0 bridgehead atoms. The van der Waals surface area contributed by atoms with Crippen LogP contribution in [0, 0.1) is 0 Å². The average Bonchev–Trinajstić information content (AvgIpc) is 2.50. The fourth-order valence-electron chi connectivity index (χ4n) is 2.62. The van der Waals surface area contributed by atoms with Gasteiger partial charge >= 0.3 is 0 Å². The van der Waals surface area contributed by atoms with Gasteiger partial charge in [0.1, 0.15) is 7.28 Å². The molecule has 0 rings (SSSR count). The minimum Gasteiger partial charge on any atom is -0.0888 e. The number of rotatable bonds is 16. The van der Waals surface area contributed by atoms with Crippen molar-refractivity contribution in [2.75, 3.05) is 0 Å². The van der Waals surface area contributed by atoms with E-state index < -0.39 is 0 Å². The standard InChI is InChI=1S/C20H39B/c1-3-5-6-7-8-9-10-11-12-13-14-15-16-17-18-19-20-21-4-2/h5-6,12-13,21H,3-4,7-11,14-20H2,1-2H3/b6-5+,13-12+. The molecule has 0 spiro atoms. The van der Waals surface area contributed by atoms with Crippen LogP contribution >= 0.6 is 0 Å². The molecule has 122 valence electrons. The second-order valence-corrected chi connectivity index (χ2v) is 6.25. The molecule has 0 saturated heterocycles. The Hall–Kier alpha value is -0.455. The minimum atomic E-state index is 1.18. The summed E-state index contributed by atoms with van der Waals surface area (Å²) in [6, 6.07) is 0. The average molecular weight is 290 g/mol. The second-order valence-electron chi connectivity index (χ2n) is 6.25. The maximum absolute atomic E-state index is 2.41. The zero-order chi connectivity index (χ0) is 15.4. The van der Waals surface area contributed by atoms with Crippen molar-refractivity contribution in [1.82, 2.24) is 0 Å². The van der Waals surface area contributed by atoms with Gasteiger partial charge in [0.2, 0.25) is 0 Å². The van der Waals surface area contributed by atoms with Gasteiger partial charge in [-0.2, -0.15) is 0 Å². The van der Waals surface area contributed by atoms with E-state index >= 15 is 0 Å². The largest absolute Gasteiger partial charge is 0.120 e. The molecule has 0 aromatic heterocycles. The van der Waals surface area contributed by atoms with Gasteiger partial charge in [-0.1, -0.05) is 82.9 Å². The summed E-state index contributed by atoms with van der Waals surface area (Å²) in [5.41, 5.74) is 0. The quantitative estimate of drug-likeness (QED) is 0.162. The Kier molecular flexibility index (Phi) is 19.1. The molecule has 0 fully saturated rings. The van der Waals surface area contributed by atoms with Crippen LogP contribution < -0.4 is 0 Å². The molecule has 0 aromatic rings. The van der Waals surface area contributed by atoms with Crippen LogP contribution in [-0.4, -0.2) is 7.28 Å². The Balaban J connectivity index is 3.07. The summed E-state index contributed by atoms with van der Waals surface area (Å²) in [5.74, 6) is 0. The van der Waals surface area contributed by atoms with Crippen LogP contribution in [0.2, 0.25) is 12.6 Å². The summed E-state index contributed by atoms with van der Waals surface area (Å²) >= 11 is 0. The lowest BCUT2D eigenvalue weighted by Gasteiger charge is -1.99. The lowest BCUT2D eigenvalue weighted by molar-refractivity contribution is 0.635. The van der Waals surface area contributed by atoms with Gasteiger partial charge in [-0.25, -0.2) is 0 Å². The van der Waals surface area contributed by atoms with Crippen LogP contribution in [0.5, 0.6) is 0 Å². The highest BCUT2D eigenvalue weighted by molar-refractivity contribution is 6.35. The number of unbranched alkanes of at least 4 members (excludes halogenated alkanes) is 9. The van der Waals surface area contributed by atoms with Gasteiger partial charge in [0.05, 0.1) is 0 Å². The number of hydrogen-bond donors (Lipinski definition) is 0. The molecule has 0 N–H and O–H groups in total. The molecule has 0 aliphatic rings. The summed E-state index contributed by atoms with van der Waals surface area (Å²) in [5, 5.41) is 0. The molecule has 0 aromatic carbocycles. The molecule has 0 aliphatic heterocycles. The monoisotopic (exact) mass is 290 g/mol. The molecule has 0 heterocycles.